The summed E-state index contributed by atoms with van der Waals surface area (Å²) in [5, 5.41) is 8.74. The van der Waals surface area contributed by atoms with E-state index in [-0.39, 0.29) is 0 Å². The smallest absolute Gasteiger partial charge is 0.0638 e. The molecule has 0 radical (unpaired) electrons. The van der Waals surface area contributed by atoms with E-state index in [1.165, 1.54) is 32.1 Å². The summed E-state index contributed by atoms with van der Waals surface area (Å²) in [6, 6.07) is 2.80. The minimum Gasteiger partial charge on any atom is -0.305 e. The Morgan fingerprint density at radius 2 is 1.92 bits per heavy atom. The van der Waals surface area contributed by atoms with Gasteiger partial charge in [0.25, 0.3) is 0 Å². The third-order valence-electron chi connectivity index (χ3n) is 3.16. The molecule has 1 rings (SSSR count). The first-order chi connectivity index (χ1) is 6.25. The SMILES string of the molecule is CN(C)C(CC#N)C1CCCCC1. The van der Waals surface area contributed by atoms with Crippen molar-refractivity contribution in [3.8, 4) is 6.07 Å². The number of nitriles is 1. The van der Waals surface area contributed by atoms with E-state index in [1.807, 2.05) is 0 Å². The van der Waals surface area contributed by atoms with Gasteiger partial charge in [-0.05, 0) is 32.9 Å². The number of hydrogen-bond donors (Lipinski definition) is 0. The molecule has 0 saturated heterocycles. The summed E-state index contributed by atoms with van der Waals surface area (Å²) in [7, 11) is 4.19. The maximum Gasteiger partial charge on any atom is 0.0638 e. The van der Waals surface area contributed by atoms with Gasteiger partial charge in [0.15, 0.2) is 0 Å². The topological polar surface area (TPSA) is 27.0 Å². The van der Waals surface area contributed by atoms with Crippen molar-refractivity contribution in [3.63, 3.8) is 0 Å². The normalized spacial score (nSPS) is 21.4. The molecule has 74 valence electrons. The highest BCUT2D eigenvalue weighted by molar-refractivity contribution is 4.86. The summed E-state index contributed by atoms with van der Waals surface area (Å²) in [5.41, 5.74) is 0. The van der Waals surface area contributed by atoms with Gasteiger partial charge in [-0.2, -0.15) is 5.26 Å². The fourth-order valence-corrected chi connectivity index (χ4v) is 2.38. The Hall–Kier alpha value is -0.550. The first-order valence-corrected chi connectivity index (χ1v) is 5.29. The second-order valence-corrected chi connectivity index (χ2v) is 4.29. The van der Waals surface area contributed by atoms with Crippen LogP contribution in [0.15, 0.2) is 0 Å². The molecule has 1 atom stereocenters. The van der Waals surface area contributed by atoms with Crippen LogP contribution < -0.4 is 0 Å². The van der Waals surface area contributed by atoms with E-state index in [0.717, 1.165) is 5.92 Å². The maximum atomic E-state index is 8.74. The fourth-order valence-electron chi connectivity index (χ4n) is 2.38. The van der Waals surface area contributed by atoms with Crippen molar-refractivity contribution in [2.45, 2.75) is 44.6 Å². The van der Waals surface area contributed by atoms with Gasteiger partial charge in [-0.3, -0.25) is 0 Å². The van der Waals surface area contributed by atoms with Crippen LogP contribution in [-0.2, 0) is 0 Å². The van der Waals surface area contributed by atoms with Crippen molar-refractivity contribution < 1.29 is 0 Å². The summed E-state index contributed by atoms with van der Waals surface area (Å²) < 4.78 is 0. The lowest BCUT2D eigenvalue weighted by Crippen LogP contribution is -2.36. The fraction of sp³-hybridized carbons (Fsp3) is 0.909. The molecule has 0 aliphatic heterocycles. The highest BCUT2D eigenvalue weighted by Crippen LogP contribution is 2.29. The molecule has 1 saturated carbocycles. The molecule has 0 aromatic carbocycles. The number of nitrogens with zero attached hydrogens (tertiary/aromatic N) is 2. The molecule has 0 heterocycles. The zero-order chi connectivity index (χ0) is 9.68. The van der Waals surface area contributed by atoms with Crippen LogP contribution in [0.25, 0.3) is 0 Å². The molecule has 1 aliphatic rings. The Kier molecular flexibility index (Phi) is 4.24. The molecule has 1 unspecified atom stereocenters. The molecule has 0 spiro atoms. The average Bonchev–Trinajstić information content (AvgIpc) is 2.15. The lowest BCUT2D eigenvalue weighted by molar-refractivity contribution is 0.173. The van der Waals surface area contributed by atoms with Crippen LogP contribution in [0.1, 0.15) is 38.5 Å². The minimum atomic E-state index is 0.491. The Morgan fingerprint density at radius 3 is 2.38 bits per heavy atom. The van der Waals surface area contributed by atoms with E-state index in [9.17, 15) is 0 Å². The monoisotopic (exact) mass is 180 g/mol. The Morgan fingerprint density at radius 1 is 1.31 bits per heavy atom. The van der Waals surface area contributed by atoms with Crippen LogP contribution in [0.4, 0.5) is 0 Å². The molecule has 0 aromatic rings. The van der Waals surface area contributed by atoms with Crippen molar-refractivity contribution in [3.05, 3.63) is 0 Å². The zero-order valence-corrected chi connectivity index (χ0v) is 8.79. The Balaban J connectivity index is 2.47. The third-order valence-corrected chi connectivity index (χ3v) is 3.16. The van der Waals surface area contributed by atoms with Crippen molar-refractivity contribution in [1.29, 1.82) is 5.26 Å². The predicted octanol–water partition coefficient (Wildman–Crippen LogP) is 2.41. The molecule has 0 aromatic heterocycles. The third kappa shape index (κ3) is 3.00. The highest BCUT2D eigenvalue weighted by atomic mass is 15.1. The predicted molar refractivity (Wildman–Crippen MR) is 54.3 cm³/mol. The van der Waals surface area contributed by atoms with Crippen LogP contribution in [-0.4, -0.2) is 25.0 Å². The molecular weight excluding hydrogens is 160 g/mol. The Labute approximate surface area is 81.5 Å². The van der Waals surface area contributed by atoms with Crippen LogP contribution >= 0.6 is 0 Å². The largest absolute Gasteiger partial charge is 0.305 e. The second kappa shape index (κ2) is 5.24. The first-order valence-electron chi connectivity index (χ1n) is 5.29. The lowest BCUT2D eigenvalue weighted by atomic mass is 9.82. The van der Waals surface area contributed by atoms with Gasteiger partial charge in [0.1, 0.15) is 0 Å². The molecule has 0 N–H and O–H groups in total. The van der Waals surface area contributed by atoms with Gasteiger partial charge in [-0.15, -0.1) is 0 Å². The molecule has 2 nitrogen and oxygen atoms in total. The number of rotatable bonds is 3. The number of hydrogen-bond acceptors (Lipinski definition) is 2. The summed E-state index contributed by atoms with van der Waals surface area (Å²) in [6.45, 7) is 0. The van der Waals surface area contributed by atoms with Gasteiger partial charge in [-0.25, -0.2) is 0 Å². The van der Waals surface area contributed by atoms with Gasteiger partial charge >= 0.3 is 0 Å². The summed E-state index contributed by atoms with van der Waals surface area (Å²) in [6.07, 6.45) is 7.46. The molecule has 0 amide bonds. The molecule has 0 bridgehead atoms. The second-order valence-electron chi connectivity index (χ2n) is 4.29. The summed E-state index contributed by atoms with van der Waals surface area (Å²) >= 11 is 0. The van der Waals surface area contributed by atoms with Crippen LogP contribution in [0.5, 0.6) is 0 Å². The molecule has 1 aliphatic carbocycles. The van der Waals surface area contributed by atoms with E-state index in [1.54, 1.807) is 0 Å². The van der Waals surface area contributed by atoms with Crippen molar-refractivity contribution >= 4 is 0 Å². The van der Waals surface area contributed by atoms with E-state index in [4.69, 9.17) is 5.26 Å². The van der Waals surface area contributed by atoms with Crippen molar-refractivity contribution in [2.75, 3.05) is 14.1 Å². The average molecular weight is 180 g/mol. The quantitative estimate of drug-likeness (QED) is 0.667. The Bertz CT molecular complexity index is 175. The van der Waals surface area contributed by atoms with Gasteiger partial charge in [0, 0.05) is 6.04 Å². The zero-order valence-electron chi connectivity index (χ0n) is 8.79. The van der Waals surface area contributed by atoms with E-state index in [2.05, 4.69) is 25.1 Å². The van der Waals surface area contributed by atoms with Crippen LogP contribution in [0.3, 0.4) is 0 Å². The standard InChI is InChI=1S/C11H20N2/c1-13(2)11(8-9-12)10-6-4-3-5-7-10/h10-11H,3-8H2,1-2H3. The van der Waals surface area contributed by atoms with Gasteiger partial charge < -0.3 is 4.90 Å². The first kappa shape index (κ1) is 10.5. The minimum absolute atomic E-state index is 0.491. The maximum absolute atomic E-state index is 8.74. The molecule has 13 heavy (non-hydrogen) atoms. The summed E-state index contributed by atoms with van der Waals surface area (Å²) in [4.78, 5) is 2.22. The van der Waals surface area contributed by atoms with Gasteiger partial charge in [0.2, 0.25) is 0 Å². The van der Waals surface area contributed by atoms with Crippen LogP contribution in [0.2, 0.25) is 0 Å². The van der Waals surface area contributed by atoms with E-state index < -0.39 is 0 Å². The van der Waals surface area contributed by atoms with Gasteiger partial charge in [0.05, 0.1) is 12.5 Å². The summed E-state index contributed by atoms with van der Waals surface area (Å²) in [5.74, 6) is 0.767. The molecule has 1 fully saturated rings. The van der Waals surface area contributed by atoms with E-state index >= 15 is 0 Å². The highest BCUT2D eigenvalue weighted by Gasteiger charge is 2.24. The van der Waals surface area contributed by atoms with Crippen molar-refractivity contribution in [1.82, 2.24) is 4.90 Å². The van der Waals surface area contributed by atoms with E-state index in [0.29, 0.717) is 12.5 Å². The van der Waals surface area contributed by atoms with Gasteiger partial charge in [-0.1, -0.05) is 19.3 Å². The lowest BCUT2D eigenvalue weighted by Gasteiger charge is -2.33. The molecular formula is C11H20N2. The molecule has 2 heteroatoms. The van der Waals surface area contributed by atoms with Crippen LogP contribution in [0, 0.1) is 17.2 Å². The van der Waals surface area contributed by atoms with Crippen molar-refractivity contribution in [2.24, 2.45) is 5.92 Å².